The van der Waals surface area contributed by atoms with Crippen LogP contribution in [-0.4, -0.2) is 80.8 Å². The van der Waals surface area contributed by atoms with E-state index in [0.29, 0.717) is 30.5 Å². The minimum absolute atomic E-state index is 0.0773. The smallest absolute Gasteiger partial charge is 0.353 e. The summed E-state index contributed by atoms with van der Waals surface area (Å²) in [4.78, 5) is 58.0. The van der Waals surface area contributed by atoms with Gasteiger partial charge >= 0.3 is 11.7 Å². The summed E-state index contributed by atoms with van der Waals surface area (Å²) in [5, 5.41) is 14.2. The van der Waals surface area contributed by atoms with Crippen LogP contribution in [0.25, 0.3) is 22.4 Å². The average molecular weight is 694 g/mol. The number of rotatable bonds is 14. The maximum absolute atomic E-state index is 13.3. The highest BCUT2D eigenvalue weighted by molar-refractivity contribution is 5.92. The molecule has 0 radical (unpaired) electrons. The second kappa shape index (κ2) is 16.3. The monoisotopic (exact) mass is 693 g/mol. The Kier molecular flexibility index (Phi) is 12.1. The first-order valence-electron chi connectivity index (χ1n) is 17.9. The quantitative estimate of drug-likeness (QED) is 0.167. The van der Waals surface area contributed by atoms with Gasteiger partial charge in [0.2, 0.25) is 17.5 Å². The molecule has 2 amide bonds. The molecule has 0 bridgehead atoms. The van der Waals surface area contributed by atoms with Crippen LogP contribution < -0.4 is 16.7 Å². The van der Waals surface area contributed by atoms with Gasteiger partial charge in [0, 0.05) is 24.7 Å². The number of likely N-dealkylation sites (tertiary alicyclic amines) is 1. The largest absolute Gasteiger partial charge is 0.461 e. The zero-order chi connectivity index (χ0) is 36.1. The number of carbonyl (C=O) groups is 3. The van der Waals surface area contributed by atoms with Crippen molar-refractivity contribution in [2.75, 3.05) is 13.2 Å². The minimum atomic E-state index is -1.03. The van der Waals surface area contributed by atoms with Crippen LogP contribution in [0.3, 0.4) is 0 Å². The highest BCUT2D eigenvalue weighted by Gasteiger charge is 2.40. The van der Waals surface area contributed by atoms with Gasteiger partial charge in [0.25, 0.3) is 0 Å². The van der Waals surface area contributed by atoms with Crippen molar-refractivity contribution >= 4 is 28.9 Å². The Morgan fingerprint density at radius 2 is 1.86 bits per heavy atom. The minimum Gasteiger partial charge on any atom is -0.461 e. The third-order valence-corrected chi connectivity index (χ3v) is 9.71. The van der Waals surface area contributed by atoms with Crippen LogP contribution in [0.2, 0.25) is 0 Å². The van der Waals surface area contributed by atoms with Gasteiger partial charge < -0.3 is 34.9 Å². The molecule has 4 N–H and O–H groups in total. The number of unbranched alkanes of at least 4 members (excludes halogenated alkanes) is 2. The van der Waals surface area contributed by atoms with E-state index in [1.807, 2.05) is 32.0 Å². The molecule has 2 aliphatic heterocycles. The molecule has 2 aliphatic rings. The SMILES string of the molecule is CCCCCc1ccc(-c2cc3cn([C@H]4C[C@H](O)[C@@H](COC(=O)[C@@H](NC(=O)[C@@H]5CCCN5C(=O)[C@@H](N)C(C)C)C(C)C)O4)c(=O)nc3o2)cc1. The van der Waals surface area contributed by atoms with E-state index >= 15 is 0 Å². The number of aryl methyl sites for hydroxylation is 1. The summed E-state index contributed by atoms with van der Waals surface area (Å²) in [5.41, 5.74) is 7.81. The number of fused-ring (bicyclic) bond motifs is 1. The number of aromatic nitrogens is 2. The summed E-state index contributed by atoms with van der Waals surface area (Å²) in [7, 11) is 0. The van der Waals surface area contributed by atoms with Gasteiger partial charge in [0.15, 0.2) is 0 Å². The molecule has 2 aromatic heterocycles. The summed E-state index contributed by atoms with van der Waals surface area (Å²) in [6, 6.07) is 7.54. The molecule has 2 fully saturated rings. The lowest BCUT2D eigenvalue weighted by atomic mass is 10.0. The molecule has 272 valence electrons. The molecule has 6 atom stereocenters. The number of carbonyl (C=O) groups excluding carboxylic acids is 3. The average Bonchev–Trinajstić information content (AvgIpc) is 3.83. The second-order valence-electron chi connectivity index (χ2n) is 14.2. The summed E-state index contributed by atoms with van der Waals surface area (Å²) in [6.45, 7) is 9.57. The molecular formula is C37H51N5O8. The Labute approximate surface area is 292 Å². The van der Waals surface area contributed by atoms with Crippen LogP contribution in [-0.2, 0) is 30.3 Å². The molecule has 13 heteroatoms. The number of aliphatic hydroxyl groups is 1. The molecule has 0 unspecified atom stereocenters. The molecule has 4 heterocycles. The van der Waals surface area contributed by atoms with Gasteiger partial charge in [-0.05, 0) is 49.1 Å². The van der Waals surface area contributed by atoms with Crippen molar-refractivity contribution in [3.63, 3.8) is 0 Å². The lowest BCUT2D eigenvalue weighted by Gasteiger charge is -2.30. The van der Waals surface area contributed by atoms with Gasteiger partial charge in [-0.25, -0.2) is 9.59 Å². The fourth-order valence-corrected chi connectivity index (χ4v) is 6.51. The number of benzene rings is 1. The molecule has 0 saturated carbocycles. The van der Waals surface area contributed by atoms with Gasteiger partial charge in [-0.15, -0.1) is 0 Å². The van der Waals surface area contributed by atoms with E-state index < -0.39 is 54.1 Å². The number of nitrogens with two attached hydrogens (primary N) is 1. The third kappa shape index (κ3) is 8.44. The first-order valence-corrected chi connectivity index (χ1v) is 17.9. The molecular weight excluding hydrogens is 642 g/mol. The van der Waals surface area contributed by atoms with E-state index in [4.69, 9.17) is 19.6 Å². The van der Waals surface area contributed by atoms with E-state index in [1.165, 1.54) is 27.9 Å². The number of nitrogens with zero attached hydrogens (tertiary/aromatic N) is 3. The zero-order valence-electron chi connectivity index (χ0n) is 29.7. The van der Waals surface area contributed by atoms with Crippen LogP contribution in [0.5, 0.6) is 0 Å². The molecule has 2 saturated heterocycles. The third-order valence-electron chi connectivity index (χ3n) is 9.71. The van der Waals surface area contributed by atoms with Crippen molar-refractivity contribution in [1.29, 1.82) is 0 Å². The Bertz CT molecular complexity index is 1700. The Morgan fingerprint density at radius 1 is 1.12 bits per heavy atom. The highest BCUT2D eigenvalue weighted by Crippen LogP contribution is 2.31. The summed E-state index contributed by atoms with van der Waals surface area (Å²) in [6.07, 6.45) is 4.55. The summed E-state index contributed by atoms with van der Waals surface area (Å²) < 4.78 is 18.8. The van der Waals surface area contributed by atoms with E-state index in [1.54, 1.807) is 20.0 Å². The van der Waals surface area contributed by atoms with Crippen molar-refractivity contribution in [3.8, 4) is 11.3 Å². The predicted octanol–water partition coefficient (Wildman–Crippen LogP) is 3.70. The van der Waals surface area contributed by atoms with Crippen molar-refractivity contribution in [3.05, 3.63) is 52.6 Å². The maximum Gasteiger partial charge on any atom is 0.353 e. The molecule has 13 nitrogen and oxygen atoms in total. The lowest BCUT2D eigenvalue weighted by Crippen LogP contribution is -2.56. The van der Waals surface area contributed by atoms with Crippen LogP contribution in [0.15, 0.2) is 45.7 Å². The van der Waals surface area contributed by atoms with Gasteiger partial charge in [-0.2, -0.15) is 4.98 Å². The van der Waals surface area contributed by atoms with Gasteiger partial charge in [-0.3, -0.25) is 14.2 Å². The topological polar surface area (TPSA) is 179 Å². The fourth-order valence-electron chi connectivity index (χ4n) is 6.51. The van der Waals surface area contributed by atoms with Crippen LogP contribution in [0, 0.1) is 11.8 Å². The standard InChI is InChI=1S/C37H51N5O8/c1-6-7-8-10-23-12-14-24(15-13-23)28-17-25-19-42(37(47)40-34(25)50-28)30-18-27(43)29(49-30)20-48-36(46)32(22(4)5)39-33(44)26-11-9-16-41(26)35(45)31(38)21(2)3/h12-15,17,19,21-22,26-27,29-32,43H,6-11,16,18,20,38H2,1-5H3,(H,39,44)/t26-,27-,29+,30+,31-,32-/m0/s1. The van der Waals surface area contributed by atoms with E-state index in [-0.39, 0.29) is 36.5 Å². The van der Waals surface area contributed by atoms with Gasteiger partial charge in [-0.1, -0.05) is 71.7 Å². The zero-order valence-corrected chi connectivity index (χ0v) is 29.7. The number of hydrogen-bond donors (Lipinski definition) is 3. The second-order valence-corrected chi connectivity index (χ2v) is 14.2. The summed E-state index contributed by atoms with van der Waals surface area (Å²) >= 11 is 0. The molecule has 0 spiro atoms. The predicted molar refractivity (Wildman–Crippen MR) is 187 cm³/mol. The van der Waals surface area contributed by atoms with Crippen LogP contribution in [0.1, 0.15) is 84.9 Å². The molecule has 5 rings (SSSR count). The van der Waals surface area contributed by atoms with Crippen molar-refractivity contribution < 1.29 is 33.4 Å². The van der Waals surface area contributed by atoms with E-state index in [2.05, 4.69) is 29.4 Å². The van der Waals surface area contributed by atoms with Crippen LogP contribution >= 0.6 is 0 Å². The number of hydrogen-bond acceptors (Lipinski definition) is 10. The van der Waals surface area contributed by atoms with Crippen LogP contribution in [0.4, 0.5) is 0 Å². The Hall–Kier alpha value is -4.07. The molecule has 0 aliphatic carbocycles. The fraction of sp³-hybridized carbons (Fsp3) is 0.595. The van der Waals surface area contributed by atoms with E-state index in [9.17, 15) is 24.3 Å². The molecule has 3 aromatic rings. The summed E-state index contributed by atoms with van der Waals surface area (Å²) in [5.74, 6) is -1.24. The number of nitrogens with one attached hydrogen (secondary N) is 1. The first kappa shape index (κ1) is 37.2. The van der Waals surface area contributed by atoms with Crippen molar-refractivity contribution in [2.45, 2.75) is 116 Å². The molecule has 1 aromatic carbocycles. The van der Waals surface area contributed by atoms with Gasteiger partial charge in [0.05, 0.1) is 17.5 Å². The number of ether oxygens (including phenoxy) is 2. The number of amides is 2. The van der Waals surface area contributed by atoms with Crippen molar-refractivity contribution in [2.24, 2.45) is 17.6 Å². The van der Waals surface area contributed by atoms with Crippen molar-refractivity contribution in [1.82, 2.24) is 19.8 Å². The Morgan fingerprint density at radius 3 is 2.54 bits per heavy atom. The molecule has 50 heavy (non-hydrogen) atoms. The number of esters is 1. The number of furan rings is 1. The normalized spacial score (nSPS) is 22.0. The van der Waals surface area contributed by atoms with Gasteiger partial charge in [0.1, 0.15) is 36.8 Å². The number of aliphatic hydroxyl groups excluding tert-OH is 1. The lowest BCUT2D eigenvalue weighted by molar-refractivity contribution is -0.155. The first-order chi connectivity index (χ1) is 23.9. The highest BCUT2D eigenvalue weighted by atomic mass is 16.6. The maximum atomic E-state index is 13.3. The Balaban J connectivity index is 1.19. The van der Waals surface area contributed by atoms with E-state index in [0.717, 1.165) is 18.4 Å².